The van der Waals surface area contributed by atoms with Crippen LogP contribution in [0.15, 0.2) is 91.0 Å². The summed E-state index contributed by atoms with van der Waals surface area (Å²) >= 11 is 0. The van der Waals surface area contributed by atoms with Crippen molar-refractivity contribution in [1.29, 1.82) is 0 Å². The van der Waals surface area contributed by atoms with E-state index in [2.05, 4.69) is 0 Å². The molecule has 0 aliphatic heterocycles. The molecule has 180 valence electrons. The lowest BCUT2D eigenvalue weighted by Gasteiger charge is -2.15. The van der Waals surface area contributed by atoms with Crippen LogP contribution in [-0.2, 0) is 26.1 Å². The fourth-order valence-corrected chi connectivity index (χ4v) is 3.82. The Labute approximate surface area is 206 Å². The Hall–Kier alpha value is -4.12. The van der Waals surface area contributed by atoms with Gasteiger partial charge in [0.25, 0.3) is 0 Å². The van der Waals surface area contributed by atoms with Gasteiger partial charge in [0.15, 0.2) is 0 Å². The molecular formula is C30H30O5. The van der Waals surface area contributed by atoms with Gasteiger partial charge in [-0.05, 0) is 65.8 Å². The van der Waals surface area contributed by atoms with Gasteiger partial charge in [0.2, 0.25) is 0 Å². The minimum Gasteiger partial charge on any atom is -0.508 e. The van der Waals surface area contributed by atoms with E-state index in [0.717, 1.165) is 52.3 Å². The molecule has 4 rings (SSSR count). The summed E-state index contributed by atoms with van der Waals surface area (Å²) in [5.74, 6) is 2.51. The molecule has 0 atom stereocenters. The molecule has 0 aliphatic carbocycles. The molecular weight excluding hydrogens is 440 g/mol. The van der Waals surface area contributed by atoms with Crippen LogP contribution in [0.3, 0.4) is 0 Å². The Balaban J connectivity index is 1.45. The fraction of sp³-hybridized carbons (Fsp3) is 0.200. The Morgan fingerprint density at radius 2 is 1.29 bits per heavy atom. The Morgan fingerprint density at radius 3 is 2.03 bits per heavy atom. The number of aromatic hydroxyl groups is 2. The molecule has 0 saturated heterocycles. The van der Waals surface area contributed by atoms with Crippen LogP contribution in [0.1, 0.15) is 28.7 Å². The Kier molecular flexibility index (Phi) is 8.12. The van der Waals surface area contributed by atoms with Crippen LogP contribution in [0.2, 0.25) is 0 Å². The number of phenols is 2. The highest BCUT2D eigenvalue weighted by molar-refractivity contribution is 5.42. The zero-order chi connectivity index (χ0) is 24.5. The van der Waals surface area contributed by atoms with Gasteiger partial charge in [-0.3, -0.25) is 0 Å². The SMILES string of the molecule is COc1ccc(COc2cc(OCc3ccccc3)ccc2CCCc2ccc(O)cc2O)cc1. The van der Waals surface area contributed by atoms with Gasteiger partial charge in [-0.15, -0.1) is 0 Å². The first-order valence-electron chi connectivity index (χ1n) is 11.7. The van der Waals surface area contributed by atoms with Gasteiger partial charge < -0.3 is 24.4 Å². The van der Waals surface area contributed by atoms with Gasteiger partial charge in [0, 0.05) is 12.1 Å². The molecule has 0 radical (unpaired) electrons. The predicted octanol–water partition coefficient (Wildman–Crippen LogP) is 6.44. The fourth-order valence-electron chi connectivity index (χ4n) is 3.82. The normalized spacial score (nSPS) is 10.7. The van der Waals surface area contributed by atoms with Crippen molar-refractivity contribution in [3.63, 3.8) is 0 Å². The Bertz CT molecular complexity index is 1220. The highest BCUT2D eigenvalue weighted by Gasteiger charge is 2.09. The van der Waals surface area contributed by atoms with E-state index in [1.165, 1.54) is 6.07 Å². The zero-order valence-corrected chi connectivity index (χ0v) is 19.8. The number of hydrogen-bond donors (Lipinski definition) is 2. The van der Waals surface area contributed by atoms with E-state index in [4.69, 9.17) is 14.2 Å². The highest BCUT2D eigenvalue weighted by Crippen LogP contribution is 2.29. The maximum Gasteiger partial charge on any atom is 0.126 e. The van der Waals surface area contributed by atoms with Crippen LogP contribution < -0.4 is 14.2 Å². The third-order valence-electron chi connectivity index (χ3n) is 5.80. The lowest BCUT2D eigenvalue weighted by atomic mass is 10.0. The monoisotopic (exact) mass is 470 g/mol. The molecule has 5 nitrogen and oxygen atoms in total. The summed E-state index contributed by atoms with van der Waals surface area (Å²) in [6.45, 7) is 0.913. The smallest absolute Gasteiger partial charge is 0.126 e. The summed E-state index contributed by atoms with van der Waals surface area (Å²) < 4.78 is 17.5. The van der Waals surface area contributed by atoms with E-state index in [0.29, 0.717) is 19.6 Å². The summed E-state index contributed by atoms with van der Waals surface area (Å²) in [7, 11) is 1.65. The molecule has 0 spiro atoms. The molecule has 0 aromatic heterocycles. The number of benzene rings is 4. The molecule has 35 heavy (non-hydrogen) atoms. The van der Waals surface area contributed by atoms with Crippen molar-refractivity contribution in [2.45, 2.75) is 32.5 Å². The molecule has 0 bridgehead atoms. The third kappa shape index (κ3) is 6.93. The minimum absolute atomic E-state index is 0.0616. The van der Waals surface area contributed by atoms with Gasteiger partial charge in [-0.25, -0.2) is 0 Å². The van der Waals surface area contributed by atoms with E-state index >= 15 is 0 Å². The van der Waals surface area contributed by atoms with E-state index in [9.17, 15) is 10.2 Å². The van der Waals surface area contributed by atoms with Crippen molar-refractivity contribution < 1.29 is 24.4 Å². The second kappa shape index (κ2) is 11.8. The van der Waals surface area contributed by atoms with Crippen molar-refractivity contribution in [2.75, 3.05) is 7.11 Å². The third-order valence-corrected chi connectivity index (χ3v) is 5.80. The molecule has 0 unspecified atom stereocenters. The number of hydrogen-bond acceptors (Lipinski definition) is 5. The van der Waals surface area contributed by atoms with Gasteiger partial charge in [0.1, 0.15) is 42.0 Å². The average Bonchev–Trinajstić information content (AvgIpc) is 2.89. The first-order valence-corrected chi connectivity index (χ1v) is 11.7. The minimum atomic E-state index is 0.0616. The molecule has 0 amide bonds. The molecule has 0 heterocycles. The number of ether oxygens (including phenoxy) is 3. The molecule has 4 aromatic rings. The van der Waals surface area contributed by atoms with Crippen LogP contribution in [0, 0.1) is 0 Å². The molecule has 0 fully saturated rings. The summed E-state index contributed by atoms with van der Waals surface area (Å²) in [6, 6.07) is 28.5. The van der Waals surface area contributed by atoms with E-state index < -0.39 is 0 Å². The van der Waals surface area contributed by atoms with Gasteiger partial charge in [-0.1, -0.05) is 54.6 Å². The zero-order valence-electron chi connectivity index (χ0n) is 19.8. The second-order valence-corrected chi connectivity index (χ2v) is 8.35. The number of rotatable bonds is 11. The van der Waals surface area contributed by atoms with Crippen molar-refractivity contribution in [3.8, 4) is 28.7 Å². The van der Waals surface area contributed by atoms with Gasteiger partial charge >= 0.3 is 0 Å². The molecule has 0 aliphatic rings. The molecule has 4 aromatic carbocycles. The van der Waals surface area contributed by atoms with Gasteiger partial charge in [0.05, 0.1) is 7.11 Å². The molecule has 0 saturated carbocycles. The van der Waals surface area contributed by atoms with Crippen LogP contribution in [0.25, 0.3) is 0 Å². The maximum absolute atomic E-state index is 10.1. The first-order chi connectivity index (χ1) is 17.1. The summed E-state index contributed by atoms with van der Waals surface area (Å²) in [6.07, 6.45) is 2.29. The number of methoxy groups -OCH3 is 1. The van der Waals surface area contributed by atoms with Crippen molar-refractivity contribution >= 4 is 0 Å². The second-order valence-electron chi connectivity index (χ2n) is 8.35. The molecule has 5 heteroatoms. The van der Waals surface area contributed by atoms with E-state index in [1.807, 2.05) is 72.8 Å². The summed E-state index contributed by atoms with van der Waals surface area (Å²) in [5.41, 5.74) is 4.03. The largest absolute Gasteiger partial charge is 0.508 e. The number of phenolic OH excluding ortho intramolecular Hbond substituents is 2. The predicted molar refractivity (Wildman–Crippen MR) is 136 cm³/mol. The topological polar surface area (TPSA) is 68.2 Å². The van der Waals surface area contributed by atoms with Crippen LogP contribution in [-0.4, -0.2) is 17.3 Å². The maximum atomic E-state index is 10.1. The van der Waals surface area contributed by atoms with E-state index in [1.54, 1.807) is 19.2 Å². The van der Waals surface area contributed by atoms with Crippen molar-refractivity contribution in [1.82, 2.24) is 0 Å². The van der Waals surface area contributed by atoms with Gasteiger partial charge in [-0.2, -0.15) is 0 Å². The van der Waals surface area contributed by atoms with Crippen LogP contribution in [0.4, 0.5) is 0 Å². The molecule has 2 N–H and O–H groups in total. The van der Waals surface area contributed by atoms with Crippen molar-refractivity contribution in [3.05, 3.63) is 113 Å². The van der Waals surface area contributed by atoms with Crippen LogP contribution in [0.5, 0.6) is 28.7 Å². The van der Waals surface area contributed by atoms with Crippen molar-refractivity contribution in [2.24, 2.45) is 0 Å². The first kappa shape index (κ1) is 24.0. The Morgan fingerprint density at radius 1 is 0.629 bits per heavy atom. The van der Waals surface area contributed by atoms with Crippen LogP contribution >= 0.6 is 0 Å². The lowest BCUT2D eigenvalue weighted by Crippen LogP contribution is -2.01. The number of aryl methyl sites for hydroxylation is 2. The summed E-state index contributed by atoms with van der Waals surface area (Å²) in [5, 5.41) is 19.6. The average molecular weight is 471 g/mol. The highest BCUT2D eigenvalue weighted by atomic mass is 16.5. The standard InChI is InChI=1S/C30H30O5/c1-33-27-15-10-23(11-16-27)21-35-30-19-28(34-20-22-6-3-2-4-7-22)17-13-25(30)9-5-8-24-12-14-26(31)18-29(24)32/h2-4,6-7,10-19,31-32H,5,8-9,20-21H2,1H3. The lowest BCUT2D eigenvalue weighted by molar-refractivity contribution is 0.287. The summed E-state index contributed by atoms with van der Waals surface area (Å²) in [4.78, 5) is 0. The van der Waals surface area contributed by atoms with E-state index in [-0.39, 0.29) is 11.5 Å². The quantitative estimate of drug-likeness (QED) is 0.264.